The number of ether oxygens (including phenoxy) is 1. The third kappa shape index (κ3) is 3.69. The number of halogens is 1. The minimum Gasteiger partial charge on any atom is -0.490 e. The monoisotopic (exact) mass is 463 g/mol. The van der Waals surface area contributed by atoms with Gasteiger partial charge in [-0.2, -0.15) is 5.10 Å². The molecule has 1 saturated heterocycles. The van der Waals surface area contributed by atoms with Gasteiger partial charge in [-0.25, -0.2) is 0 Å². The van der Waals surface area contributed by atoms with Crippen molar-refractivity contribution in [3.63, 3.8) is 0 Å². The standard InChI is InChI=1S/C25H26ClN5O2/c1-29-10-6-19-22(4-3-20(26)23(19)24(29)32)33-18-11-25(12-18)15-30(16-25)8-2-9-31-14-17-5-7-27-13-21(17)28-31/h3-7,10,13-14,18H,2,8-9,11-12,15-16H2,1H3. The first kappa shape index (κ1) is 20.7. The molecule has 2 aliphatic rings. The fraction of sp³-hybridized carbons (Fsp3) is 0.400. The number of hydrogen-bond donors (Lipinski definition) is 0. The maximum absolute atomic E-state index is 12.5. The molecule has 4 aromatic rings. The van der Waals surface area contributed by atoms with Crippen molar-refractivity contribution in [1.82, 2.24) is 24.2 Å². The van der Waals surface area contributed by atoms with Gasteiger partial charge in [-0.3, -0.25) is 14.5 Å². The van der Waals surface area contributed by atoms with Gasteiger partial charge in [0.25, 0.3) is 5.56 Å². The van der Waals surface area contributed by atoms with Crippen molar-refractivity contribution in [1.29, 1.82) is 0 Å². The molecule has 1 aromatic carbocycles. The van der Waals surface area contributed by atoms with Gasteiger partial charge >= 0.3 is 0 Å². The minimum absolute atomic E-state index is 0.0949. The van der Waals surface area contributed by atoms with Gasteiger partial charge in [0, 0.05) is 61.5 Å². The molecule has 4 heterocycles. The predicted octanol–water partition coefficient (Wildman–Crippen LogP) is 3.87. The summed E-state index contributed by atoms with van der Waals surface area (Å²) in [6.07, 6.45) is 10.9. The van der Waals surface area contributed by atoms with Crippen molar-refractivity contribution >= 4 is 33.3 Å². The van der Waals surface area contributed by atoms with Gasteiger partial charge in [-0.05, 0) is 50.1 Å². The highest BCUT2D eigenvalue weighted by Crippen LogP contribution is 2.50. The first-order valence-corrected chi connectivity index (χ1v) is 11.8. The Labute approximate surface area is 196 Å². The molecule has 1 aliphatic carbocycles. The number of aryl methyl sites for hydroxylation is 2. The van der Waals surface area contributed by atoms with Crippen LogP contribution in [0.3, 0.4) is 0 Å². The first-order chi connectivity index (χ1) is 16.0. The molecule has 1 saturated carbocycles. The van der Waals surface area contributed by atoms with Gasteiger partial charge in [0.1, 0.15) is 11.3 Å². The van der Waals surface area contributed by atoms with Crippen LogP contribution in [-0.2, 0) is 13.6 Å². The van der Waals surface area contributed by atoms with E-state index in [1.54, 1.807) is 30.1 Å². The Kier molecular flexibility index (Phi) is 4.92. The van der Waals surface area contributed by atoms with Crippen LogP contribution in [-0.4, -0.2) is 50.0 Å². The second-order valence-corrected chi connectivity index (χ2v) is 10.0. The molecule has 0 unspecified atom stereocenters. The van der Waals surface area contributed by atoms with Crippen LogP contribution in [0.25, 0.3) is 21.7 Å². The number of aromatic nitrogens is 4. The molecular weight excluding hydrogens is 438 g/mol. The molecule has 1 aliphatic heterocycles. The van der Waals surface area contributed by atoms with E-state index in [4.69, 9.17) is 16.3 Å². The molecule has 6 rings (SSSR count). The molecular formula is C25H26ClN5O2. The zero-order chi connectivity index (χ0) is 22.6. The van der Waals surface area contributed by atoms with Gasteiger partial charge in [0.15, 0.2) is 0 Å². The lowest BCUT2D eigenvalue weighted by Gasteiger charge is -2.58. The lowest BCUT2D eigenvalue weighted by atomic mass is 9.61. The highest BCUT2D eigenvalue weighted by Gasteiger charge is 2.53. The molecule has 0 bridgehead atoms. The van der Waals surface area contributed by atoms with Crippen LogP contribution in [0, 0.1) is 5.41 Å². The van der Waals surface area contributed by atoms with E-state index < -0.39 is 0 Å². The van der Waals surface area contributed by atoms with E-state index in [0.29, 0.717) is 15.8 Å². The van der Waals surface area contributed by atoms with Crippen LogP contribution in [0.5, 0.6) is 5.75 Å². The van der Waals surface area contributed by atoms with Gasteiger partial charge in [-0.15, -0.1) is 0 Å². The fourth-order valence-corrected chi connectivity index (χ4v) is 5.71. The largest absolute Gasteiger partial charge is 0.490 e. The van der Waals surface area contributed by atoms with Crippen LogP contribution in [0.2, 0.25) is 5.02 Å². The van der Waals surface area contributed by atoms with Gasteiger partial charge in [0.2, 0.25) is 0 Å². The molecule has 170 valence electrons. The van der Waals surface area contributed by atoms with E-state index in [2.05, 4.69) is 21.2 Å². The molecule has 8 heteroatoms. The van der Waals surface area contributed by atoms with Crippen molar-refractivity contribution < 1.29 is 4.74 Å². The number of fused-ring (bicyclic) bond motifs is 2. The molecule has 3 aromatic heterocycles. The summed E-state index contributed by atoms with van der Waals surface area (Å²) in [6, 6.07) is 7.56. The summed E-state index contributed by atoms with van der Waals surface area (Å²) in [5.41, 5.74) is 1.26. The summed E-state index contributed by atoms with van der Waals surface area (Å²) in [4.78, 5) is 19.2. The van der Waals surface area contributed by atoms with Crippen LogP contribution in [0.4, 0.5) is 0 Å². The first-order valence-electron chi connectivity index (χ1n) is 11.4. The van der Waals surface area contributed by atoms with Crippen molar-refractivity contribution in [3.8, 4) is 5.75 Å². The number of nitrogens with zero attached hydrogens (tertiary/aromatic N) is 5. The highest BCUT2D eigenvalue weighted by atomic mass is 35.5. The van der Waals surface area contributed by atoms with Crippen molar-refractivity contribution in [2.75, 3.05) is 19.6 Å². The van der Waals surface area contributed by atoms with Gasteiger partial charge < -0.3 is 14.2 Å². The number of benzene rings is 1. The summed E-state index contributed by atoms with van der Waals surface area (Å²) in [6.45, 7) is 4.29. The normalized spacial score (nSPS) is 18.0. The third-order valence-electron chi connectivity index (χ3n) is 7.11. The molecule has 0 N–H and O–H groups in total. The molecule has 0 amide bonds. The molecule has 2 fully saturated rings. The highest BCUT2D eigenvalue weighted by molar-refractivity contribution is 6.35. The Morgan fingerprint density at radius 3 is 2.85 bits per heavy atom. The molecule has 0 radical (unpaired) electrons. The van der Waals surface area contributed by atoms with Gasteiger partial charge in [-0.1, -0.05) is 11.6 Å². The summed E-state index contributed by atoms with van der Waals surface area (Å²) in [5.74, 6) is 0.755. The van der Waals surface area contributed by atoms with Crippen molar-refractivity contribution in [2.45, 2.75) is 31.9 Å². The summed E-state index contributed by atoms with van der Waals surface area (Å²) >= 11 is 6.30. The van der Waals surface area contributed by atoms with E-state index in [9.17, 15) is 4.79 Å². The van der Waals surface area contributed by atoms with E-state index in [1.807, 2.05) is 29.1 Å². The summed E-state index contributed by atoms with van der Waals surface area (Å²) < 4.78 is 9.88. The lowest BCUT2D eigenvalue weighted by molar-refractivity contribution is -0.118. The Bertz CT molecular complexity index is 1360. The second-order valence-electron chi connectivity index (χ2n) is 9.60. The van der Waals surface area contributed by atoms with Crippen molar-refractivity contribution in [3.05, 3.63) is 64.4 Å². The Morgan fingerprint density at radius 2 is 2.03 bits per heavy atom. The van der Waals surface area contributed by atoms with E-state index >= 15 is 0 Å². The maximum Gasteiger partial charge on any atom is 0.259 e. The minimum atomic E-state index is -0.0949. The maximum atomic E-state index is 12.5. The average Bonchev–Trinajstić information content (AvgIpc) is 3.17. The van der Waals surface area contributed by atoms with Crippen LogP contribution in [0.1, 0.15) is 19.3 Å². The van der Waals surface area contributed by atoms with Crippen LogP contribution >= 0.6 is 11.6 Å². The average molecular weight is 464 g/mol. The van der Waals surface area contributed by atoms with Gasteiger partial charge in [0.05, 0.1) is 22.7 Å². The Morgan fingerprint density at radius 1 is 1.18 bits per heavy atom. The van der Waals surface area contributed by atoms with Crippen LogP contribution in [0.15, 0.2) is 53.8 Å². The zero-order valence-corrected chi connectivity index (χ0v) is 19.3. The SMILES string of the molecule is Cn1ccc2c(OC3CC4(C3)CN(CCCn3cc5ccncc5n3)C4)ccc(Cl)c2c1=O. The number of pyridine rings is 2. The molecule has 7 nitrogen and oxygen atoms in total. The molecule has 0 atom stereocenters. The van der Waals surface area contributed by atoms with E-state index in [1.165, 1.54) is 0 Å². The Balaban J connectivity index is 1.01. The van der Waals surface area contributed by atoms with E-state index in [0.717, 1.165) is 67.5 Å². The second kappa shape index (κ2) is 7.85. The molecule has 1 spiro atoms. The molecule has 33 heavy (non-hydrogen) atoms. The third-order valence-corrected chi connectivity index (χ3v) is 7.42. The summed E-state index contributed by atoms with van der Waals surface area (Å²) in [5, 5.41) is 7.52. The Hall–Kier alpha value is -2.90. The predicted molar refractivity (Wildman–Crippen MR) is 129 cm³/mol. The smallest absolute Gasteiger partial charge is 0.259 e. The van der Waals surface area contributed by atoms with Crippen molar-refractivity contribution in [2.24, 2.45) is 12.5 Å². The van der Waals surface area contributed by atoms with Crippen LogP contribution < -0.4 is 10.3 Å². The summed E-state index contributed by atoms with van der Waals surface area (Å²) in [7, 11) is 1.73. The zero-order valence-electron chi connectivity index (χ0n) is 18.6. The number of hydrogen-bond acceptors (Lipinski definition) is 5. The van der Waals surface area contributed by atoms with E-state index in [-0.39, 0.29) is 11.7 Å². The lowest BCUT2D eigenvalue weighted by Crippen LogP contribution is -2.64. The number of rotatable bonds is 6. The topological polar surface area (TPSA) is 65.2 Å². The quantitative estimate of drug-likeness (QED) is 0.434. The fourth-order valence-electron chi connectivity index (χ4n) is 5.47. The number of likely N-dealkylation sites (tertiary alicyclic amines) is 1.